The van der Waals surface area contributed by atoms with Crippen molar-refractivity contribution in [3.63, 3.8) is 0 Å². The predicted molar refractivity (Wildman–Crippen MR) is 80.3 cm³/mol. The predicted octanol–water partition coefficient (Wildman–Crippen LogP) is 2.02. The minimum atomic E-state index is 0.0318. The highest BCUT2D eigenvalue weighted by Gasteiger charge is 2.29. The Balaban J connectivity index is 1.97. The van der Waals surface area contributed by atoms with Crippen LogP contribution in [0.4, 0.5) is 0 Å². The number of nitrogens with zero attached hydrogens (tertiary/aromatic N) is 3. The molecule has 2 aromatic heterocycles. The van der Waals surface area contributed by atoms with Crippen LogP contribution in [-0.2, 0) is 0 Å². The van der Waals surface area contributed by atoms with Crippen molar-refractivity contribution in [1.82, 2.24) is 14.3 Å². The number of amides is 1. The Kier molecular flexibility index (Phi) is 3.92. The molecule has 5 nitrogen and oxygen atoms in total. The number of carbonyl (C=O) groups excluding carboxylic acids is 1. The minimum Gasteiger partial charge on any atom is -0.396 e. The fourth-order valence-corrected chi connectivity index (χ4v) is 3.22. The summed E-state index contributed by atoms with van der Waals surface area (Å²) in [5.41, 5.74) is 2.21. The second-order valence-electron chi connectivity index (χ2n) is 5.64. The van der Waals surface area contributed by atoms with E-state index < -0.39 is 0 Å². The third kappa shape index (κ3) is 2.53. The van der Waals surface area contributed by atoms with Gasteiger partial charge in [-0.2, -0.15) is 0 Å². The van der Waals surface area contributed by atoms with Gasteiger partial charge < -0.3 is 10.0 Å². The summed E-state index contributed by atoms with van der Waals surface area (Å²) in [5.74, 6) is 0.0318. The first-order valence-corrected chi connectivity index (χ1v) is 7.58. The SMILES string of the molecule is Cc1nc2ccccn2c1C(=O)N1CCCCC1CCO. The molecular formula is C16H21N3O2. The molecule has 112 valence electrons. The number of imidazole rings is 1. The highest BCUT2D eigenvalue weighted by molar-refractivity contribution is 5.95. The highest BCUT2D eigenvalue weighted by atomic mass is 16.3. The summed E-state index contributed by atoms with van der Waals surface area (Å²) >= 11 is 0. The molecule has 1 aliphatic heterocycles. The van der Waals surface area contributed by atoms with Crippen molar-refractivity contribution in [2.75, 3.05) is 13.2 Å². The molecule has 5 heteroatoms. The van der Waals surface area contributed by atoms with Crippen LogP contribution in [0.25, 0.3) is 5.65 Å². The largest absolute Gasteiger partial charge is 0.396 e. The monoisotopic (exact) mass is 287 g/mol. The molecular weight excluding hydrogens is 266 g/mol. The lowest BCUT2D eigenvalue weighted by Crippen LogP contribution is -2.44. The average molecular weight is 287 g/mol. The van der Waals surface area contributed by atoms with Gasteiger partial charge in [0.1, 0.15) is 11.3 Å². The molecule has 2 aromatic rings. The average Bonchev–Trinajstić information content (AvgIpc) is 2.83. The van der Waals surface area contributed by atoms with Crippen LogP contribution in [0.3, 0.4) is 0 Å². The topological polar surface area (TPSA) is 57.8 Å². The maximum absolute atomic E-state index is 13.0. The molecule has 1 atom stereocenters. The summed E-state index contributed by atoms with van der Waals surface area (Å²) in [4.78, 5) is 19.4. The van der Waals surface area contributed by atoms with Crippen molar-refractivity contribution in [1.29, 1.82) is 0 Å². The van der Waals surface area contributed by atoms with Gasteiger partial charge in [0.25, 0.3) is 5.91 Å². The summed E-state index contributed by atoms with van der Waals surface area (Å²) in [6, 6.07) is 5.88. The molecule has 3 rings (SSSR count). The van der Waals surface area contributed by atoms with Gasteiger partial charge in [0.15, 0.2) is 0 Å². The van der Waals surface area contributed by atoms with E-state index in [1.54, 1.807) is 0 Å². The van der Waals surface area contributed by atoms with Crippen LogP contribution in [0.2, 0.25) is 0 Å². The summed E-state index contributed by atoms with van der Waals surface area (Å²) in [6.45, 7) is 2.77. The fraction of sp³-hybridized carbons (Fsp3) is 0.500. The molecule has 0 spiro atoms. The second kappa shape index (κ2) is 5.85. The molecule has 1 fully saturated rings. The number of hydrogen-bond acceptors (Lipinski definition) is 3. The number of carbonyl (C=O) groups is 1. The Hall–Kier alpha value is -1.88. The summed E-state index contributed by atoms with van der Waals surface area (Å²) < 4.78 is 1.86. The van der Waals surface area contributed by atoms with E-state index in [2.05, 4.69) is 4.98 Å². The molecule has 3 heterocycles. The third-order valence-electron chi connectivity index (χ3n) is 4.26. The number of rotatable bonds is 3. The van der Waals surface area contributed by atoms with Gasteiger partial charge >= 0.3 is 0 Å². The molecule has 21 heavy (non-hydrogen) atoms. The Morgan fingerprint density at radius 2 is 2.29 bits per heavy atom. The van der Waals surface area contributed by atoms with Crippen molar-refractivity contribution in [3.05, 3.63) is 35.8 Å². The van der Waals surface area contributed by atoms with Crippen LogP contribution < -0.4 is 0 Å². The molecule has 1 unspecified atom stereocenters. The number of likely N-dealkylation sites (tertiary alicyclic amines) is 1. The summed E-state index contributed by atoms with van der Waals surface area (Å²) in [6.07, 6.45) is 5.67. The summed E-state index contributed by atoms with van der Waals surface area (Å²) in [7, 11) is 0. The lowest BCUT2D eigenvalue weighted by Gasteiger charge is -2.35. The first-order chi connectivity index (χ1) is 10.2. The van der Waals surface area contributed by atoms with Crippen molar-refractivity contribution in [2.24, 2.45) is 0 Å². The van der Waals surface area contributed by atoms with E-state index in [1.165, 1.54) is 0 Å². The maximum Gasteiger partial charge on any atom is 0.273 e. The summed E-state index contributed by atoms with van der Waals surface area (Å²) in [5, 5.41) is 9.22. The van der Waals surface area contributed by atoms with Gasteiger partial charge in [-0.1, -0.05) is 6.07 Å². The number of aryl methyl sites for hydroxylation is 1. The number of hydrogen-bond donors (Lipinski definition) is 1. The van der Waals surface area contributed by atoms with Gasteiger partial charge in [-0.15, -0.1) is 0 Å². The molecule has 0 saturated carbocycles. The van der Waals surface area contributed by atoms with E-state index in [-0.39, 0.29) is 18.6 Å². The van der Waals surface area contributed by atoms with Crippen LogP contribution in [0.15, 0.2) is 24.4 Å². The Bertz CT molecular complexity index is 648. The molecule has 0 aliphatic carbocycles. The van der Waals surface area contributed by atoms with Crippen LogP contribution in [0.5, 0.6) is 0 Å². The number of aliphatic hydroxyl groups excluding tert-OH is 1. The van der Waals surface area contributed by atoms with E-state index in [9.17, 15) is 9.90 Å². The fourth-order valence-electron chi connectivity index (χ4n) is 3.22. The van der Waals surface area contributed by atoms with Crippen molar-refractivity contribution in [2.45, 2.75) is 38.6 Å². The first-order valence-electron chi connectivity index (χ1n) is 7.58. The lowest BCUT2D eigenvalue weighted by atomic mass is 9.99. The highest BCUT2D eigenvalue weighted by Crippen LogP contribution is 2.23. The van der Waals surface area contributed by atoms with Crippen molar-refractivity contribution >= 4 is 11.6 Å². The third-order valence-corrected chi connectivity index (χ3v) is 4.26. The zero-order valence-electron chi connectivity index (χ0n) is 12.3. The number of aliphatic hydroxyl groups is 1. The van der Waals surface area contributed by atoms with E-state index in [0.29, 0.717) is 12.1 Å². The van der Waals surface area contributed by atoms with Gasteiger partial charge in [-0.25, -0.2) is 4.98 Å². The minimum absolute atomic E-state index is 0.0318. The lowest BCUT2D eigenvalue weighted by molar-refractivity contribution is 0.0567. The van der Waals surface area contributed by atoms with Gasteiger partial charge in [0.05, 0.1) is 5.69 Å². The van der Waals surface area contributed by atoms with E-state index in [1.807, 2.05) is 40.6 Å². The van der Waals surface area contributed by atoms with Crippen LogP contribution >= 0.6 is 0 Å². The number of piperidine rings is 1. The van der Waals surface area contributed by atoms with E-state index in [0.717, 1.165) is 37.1 Å². The molecule has 1 saturated heterocycles. The van der Waals surface area contributed by atoms with Gasteiger partial charge in [-0.05, 0) is 44.7 Å². The van der Waals surface area contributed by atoms with E-state index >= 15 is 0 Å². The number of pyridine rings is 1. The van der Waals surface area contributed by atoms with Gasteiger partial charge in [0, 0.05) is 25.4 Å². The molecule has 1 N–H and O–H groups in total. The molecule has 0 bridgehead atoms. The molecule has 0 radical (unpaired) electrons. The zero-order valence-corrected chi connectivity index (χ0v) is 12.3. The Labute approximate surface area is 124 Å². The smallest absolute Gasteiger partial charge is 0.273 e. The number of aromatic nitrogens is 2. The van der Waals surface area contributed by atoms with Gasteiger partial charge in [0.2, 0.25) is 0 Å². The van der Waals surface area contributed by atoms with Crippen LogP contribution in [0.1, 0.15) is 41.9 Å². The second-order valence-corrected chi connectivity index (χ2v) is 5.64. The van der Waals surface area contributed by atoms with Crippen LogP contribution in [0, 0.1) is 6.92 Å². The van der Waals surface area contributed by atoms with Crippen molar-refractivity contribution < 1.29 is 9.90 Å². The van der Waals surface area contributed by atoms with Gasteiger partial charge in [-0.3, -0.25) is 9.20 Å². The molecule has 1 amide bonds. The quantitative estimate of drug-likeness (QED) is 0.939. The zero-order chi connectivity index (χ0) is 14.8. The first kappa shape index (κ1) is 14.1. The normalized spacial score (nSPS) is 19.1. The van der Waals surface area contributed by atoms with Crippen molar-refractivity contribution in [3.8, 4) is 0 Å². The van der Waals surface area contributed by atoms with Crippen LogP contribution in [-0.4, -0.2) is 44.5 Å². The maximum atomic E-state index is 13.0. The molecule has 0 aromatic carbocycles. The standard InChI is InChI=1S/C16H21N3O2/c1-12-15(19-10-5-3-7-14(19)17-12)16(21)18-9-4-2-6-13(18)8-11-20/h3,5,7,10,13,20H,2,4,6,8-9,11H2,1H3. The number of fused-ring (bicyclic) bond motifs is 1. The Morgan fingerprint density at radius 3 is 3.10 bits per heavy atom. The molecule has 1 aliphatic rings. The Morgan fingerprint density at radius 1 is 1.43 bits per heavy atom. The van der Waals surface area contributed by atoms with E-state index in [4.69, 9.17) is 0 Å².